The van der Waals surface area contributed by atoms with Crippen LogP contribution >= 0.6 is 0 Å². The van der Waals surface area contributed by atoms with E-state index in [-0.39, 0.29) is 17.6 Å². The van der Waals surface area contributed by atoms with Crippen molar-refractivity contribution in [1.29, 1.82) is 0 Å². The van der Waals surface area contributed by atoms with Gasteiger partial charge in [-0.3, -0.25) is 0 Å². The fourth-order valence-electron chi connectivity index (χ4n) is 6.45. The molecule has 9 heteroatoms. The number of likely N-dealkylation sites (tertiary alicyclic amines) is 1. The normalized spacial score (nSPS) is 25.5. The Bertz CT molecular complexity index is 1220. The van der Waals surface area contributed by atoms with Crippen LogP contribution in [-0.4, -0.2) is 58.6 Å². The van der Waals surface area contributed by atoms with E-state index in [2.05, 4.69) is 20.4 Å². The molecule has 3 aromatic rings. The molecule has 36 heavy (non-hydrogen) atoms. The van der Waals surface area contributed by atoms with Gasteiger partial charge in [0.15, 0.2) is 5.82 Å². The van der Waals surface area contributed by atoms with E-state index < -0.39 is 11.7 Å². The number of alkyl halides is 3. The standard InChI is InChI=1S/C27H32F3N5O/c1-34-7-4-19-10-18(2-3-25(19)34)24-13-23(27(28,29)30)26(33-32-24)31-22-11-20-15-35(16-21(20)12-22)14-17-5-8-36-9-6-17/h2-4,7,10,13,17,20-22H,5-6,8-9,11-12,14-16H2,1H3,(H,31,33)/t20-,21+,22-. The number of aromatic nitrogens is 3. The quantitative estimate of drug-likeness (QED) is 0.523. The van der Waals surface area contributed by atoms with Gasteiger partial charge in [-0.2, -0.15) is 13.2 Å². The summed E-state index contributed by atoms with van der Waals surface area (Å²) >= 11 is 0. The Hall–Kier alpha value is -2.65. The summed E-state index contributed by atoms with van der Waals surface area (Å²) in [5, 5.41) is 12.3. The second-order valence-corrected chi connectivity index (χ2v) is 10.8. The van der Waals surface area contributed by atoms with Crippen molar-refractivity contribution < 1.29 is 17.9 Å². The van der Waals surface area contributed by atoms with Gasteiger partial charge in [0.2, 0.25) is 0 Å². The monoisotopic (exact) mass is 499 g/mol. The van der Waals surface area contributed by atoms with Gasteiger partial charge in [-0.1, -0.05) is 6.07 Å². The van der Waals surface area contributed by atoms with E-state index in [1.807, 2.05) is 36.0 Å². The fraction of sp³-hybridized carbons (Fsp3) is 0.556. The molecule has 0 spiro atoms. The Morgan fingerprint density at radius 2 is 1.78 bits per heavy atom. The van der Waals surface area contributed by atoms with Crippen molar-refractivity contribution in [3.63, 3.8) is 0 Å². The van der Waals surface area contributed by atoms with E-state index in [9.17, 15) is 13.2 Å². The highest BCUT2D eigenvalue weighted by molar-refractivity contribution is 5.85. The molecule has 0 amide bonds. The summed E-state index contributed by atoms with van der Waals surface area (Å²) in [6, 6.07) is 8.61. The number of fused-ring (bicyclic) bond motifs is 2. The van der Waals surface area contributed by atoms with Crippen LogP contribution in [0.25, 0.3) is 22.2 Å². The molecule has 192 valence electrons. The minimum absolute atomic E-state index is 0.00727. The average molecular weight is 500 g/mol. The van der Waals surface area contributed by atoms with E-state index in [0.29, 0.717) is 23.3 Å². The molecule has 1 N–H and O–H groups in total. The van der Waals surface area contributed by atoms with Crippen molar-refractivity contribution in [1.82, 2.24) is 19.7 Å². The molecule has 1 aromatic carbocycles. The highest BCUT2D eigenvalue weighted by Gasteiger charge is 2.43. The van der Waals surface area contributed by atoms with Gasteiger partial charge in [0.05, 0.1) is 5.69 Å². The van der Waals surface area contributed by atoms with E-state index in [4.69, 9.17) is 4.74 Å². The summed E-state index contributed by atoms with van der Waals surface area (Å²) in [5.74, 6) is 1.61. The van der Waals surface area contributed by atoms with Gasteiger partial charge in [-0.15, -0.1) is 10.2 Å². The van der Waals surface area contributed by atoms with E-state index in [1.165, 1.54) is 0 Å². The summed E-state index contributed by atoms with van der Waals surface area (Å²) in [6.07, 6.45) is 1.42. The van der Waals surface area contributed by atoms with Crippen LogP contribution in [0, 0.1) is 17.8 Å². The Labute approximate surface area is 208 Å². The third-order valence-electron chi connectivity index (χ3n) is 8.31. The minimum Gasteiger partial charge on any atom is -0.381 e. The Morgan fingerprint density at radius 1 is 1.03 bits per heavy atom. The average Bonchev–Trinajstić information content (AvgIpc) is 3.52. The highest BCUT2D eigenvalue weighted by Crippen LogP contribution is 2.42. The smallest absolute Gasteiger partial charge is 0.381 e. The molecule has 3 atom stereocenters. The van der Waals surface area contributed by atoms with Gasteiger partial charge >= 0.3 is 6.18 Å². The van der Waals surface area contributed by atoms with Crippen molar-refractivity contribution in [2.45, 2.75) is 37.9 Å². The van der Waals surface area contributed by atoms with Crippen molar-refractivity contribution in [2.24, 2.45) is 24.8 Å². The van der Waals surface area contributed by atoms with Gasteiger partial charge in [0.1, 0.15) is 5.56 Å². The number of hydrogen-bond donors (Lipinski definition) is 1. The van der Waals surface area contributed by atoms with Crippen LogP contribution < -0.4 is 5.32 Å². The van der Waals surface area contributed by atoms with Gasteiger partial charge < -0.3 is 19.5 Å². The predicted molar refractivity (Wildman–Crippen MR) is 133 cm³/mol. The zero-order valence-corrected chi connectivity index (χ0v) is 20.5. The Balaban J connectivity index is 1.15. The molecular formula is C27H32F3N5O. The number of hydrogen-bond acceptors (Lipinski definition) is 5. The van der Waals surface area contributed by atoms with Crippen molar-refractivity contribution >= 4 is 16.7 Å². The van der Waals surface area contributed by atoms with E-state index >= 15 is 0 Å². The number of nitrogens with zero attached hydrogens (tertiary/aromatic N) is 4. The second-order valence-electron chi connectivity index (χ2n) is 10.8. The molecule has 6 rings (SSSR count). The lowest BCUT2D eigenvalue weighted by Crippen LogP contribution is -2.32. The first-order valence-electron chi connectivity index (χ1n) is 12.9. The van der Waals surface area contributed by atoms with Gasteiger partial charge in [0.25, 0.3) is 0 Å². The molecule has 2 saturated heterocycles. The zero-order valence-electron chi connectivity index (χ0n) is 20.5. The topological polar surface area (TPSA) is 55.2 Å². The van der Waals surface area contributed by atoms with Crippen LogP contribution in [0.3, 0.4) is 0 Å². The van der Waals surface area contributed by atoms with E-state index in [1.54, 1.807) is 6.07 Å². The Morgan fingerprint density at radius 3 is 2.50 bits per heavy atom. The van der Waals surface area contributed by atoms with Gasteiger partial charge in [0, 0.05) is 68.6 Å². The first-order chi connectivity index (χ1) is 17.3. The number of rotatable bonds is 5. The maximum absolute atomic E-state index is 14.1. The number of halogens is 3. The third-order valence-corrected chi connectivity index (χ3v) is 8.31. The van der Waals surface area contributed by atoms with Crippen molar-refractivity contribution in [3.05, 3.63) is 42.1 Å². The van der Waals surface area contributed by atoms with Gasteiger partial charge in [-0.05, 0) is 67.7 Å². The fourth-order valence-corrected chi connectivity index (χ4v) is 6.45. The summed E-state index contributed by atoms with van der Waals surface area (Å²) in [7, 11) is 1.94. The number of benzene rings is 1. The summed E-state index contributed by atoms with van der Waals surface area (Å²) in [5.41, 5.74) is 1.11. The number of anilines is 1. The molecule has 1 saturated carbocycles. The van der Waals surface area contributed by atoms with Crippen molar-refractivity contribution in [3.8, 4) is 11.3 Å². The maximum atomic E-state index is 14.1. The van der Waals surface area contributed by atoms with Crippen LogP contribution in [-0.2, 0) is 18.0 Å². The van der Waals surface area contributed by atoms with Crippen LogP contribution in [0.1, 0.15) is 31.2 Å². The molecular weight excluding hydrogens is 467 g/mol. The lowest BCUT2D eigenvalue weighted by atomic mass is 10.00. The molecule has 2 aliphatic heterocycles. The van der Waals surface area contributed by atoms with Gasteiger partial charge in [-0.25, -0.2) is 0 Å². The van der Waals surface area contributed by atoms with Crippen LogP contribution in [0.5, 0.6) is 0 Å². The first kappa shape index (κ1) is 23.7. The number of aryl methyl sites for hydroxylation is 1. The predicted octanol–water partition coefficient (Wildman–Crippen LogP) is 5.20. The largest absolute Gasteiger partial charge is 0.420 e. The minimum atomic E-state index is -4.52. The van der Waals surface area contributed by atoms with Crippen LogP contribution in [0.2, 0.25) is 0 Å². The summed E-state index contributed by atoms with van der Waals surface area (Å²) in [6.45, 7) is 4.92. The van der Waals surface area contributed by atoms with Crippen LogP contribution in [0.15, 0.2) is 36.5 Å². The van der Waals surface area contributed by atoms with E-state index in [0.717, 1.165) is 75.5 Å². The molecule has 4 heterocycles. The summed E-state index contributed by atoms with van der Waals surface area (Å²) < 4.78 is 49.6. The molecule has 0 bridgehead atoms. The molecule has 3 aliphatic rings. The molecule has 3 fully saturated rings. The van der Waals surface area contributed by atoms with Crippen molar-refractivity contribution in [2.75, 3.05) is 38.2 Å². The first-order valence-corrected chi connectivity index (χ1v) is 12.9. The highest BCUT2D eigenvalue weighted by atomic mass is 19.4. The maximum Gasteiger partial charge on any atom is 0.420 e. The zero-order chi connectivity index (χ0) is 24.9. The Kier molecular flexibility index (Phi) is 6.16. The lowest BCUT2D eigenvalue weighted by molar-refractivity contribution is -0.137. The lowest BCUT2D eigenvalue weighted by Gasteiger charge is -2.28. The molecule has 0 unspecified atom stereocenters. The molecule has 6 nitrogen and oxygen atoms in total. The SMILES string of the molecule is Cn1ccc2cc(-c3cc(C(F)(F)F)c(N[C@@H]4C[C@@H]5CN(CC6CCOCC6)C[C@@H]5C4)nn3)ccc21. The van der Waals surface area contributed by atoms with Crippen LogP contribution in [0.4, 0.5) is 19.0 Å². The second kappa shape index (κ2) is 9.34. The third kappa shape index (κ3) is 4.70. The molecule has 1 aliphatic carbocycles. The molecule has 0 radical (unpaired) electrons. The molecule has 2 aromatic heterocycles. The number of nitrogens with one attached hydrogen (secondary N) is 1. The summed E-state index contributed by atoms with van der Waals surface area (Å²) in [4.78, 5) is 2.56. The number of ether oxygens (including phenoxy) is 1.